The molecule has 1 aliphatic heterocycles. The van der Waals surface area contributed by atoms with E-state index in [0.29, 0.717) is 24.8 Å². The maximum atomic E-state index is 13.1. The van der Waals surface area contributed by atoms with Crippen LogP contribution in [-0.4, -0.2) is 24.8 Å². The van der Waals surface area contributed by atoms with E-state index in [1.807, 2.05) is 13.8 Å². The van der Waals surface area contributed by atoms with E-state index in [2.05, 4.69) is 0 Å². The van der Waals surface area contributed by atoms with Gasteiger partial charge in [-0.3, -0.25) is 9.59 Å². The van der Waals surface area contributed by atoms with Crippen molar-refractivity contribution in [3.05, 3.63) is 35.8 Å². The van der Waals surface area contributed by atoms with Crippen molar-refractivity contribution in [2.45, 2.75) is 45.6 Å². The van der Waals surface area contributed by atoms with Crippen LogP contribution in [0.4, 0.5) is 0 Å². The monoisotopic (exact) mass is 372 g/mol. The molecule has 144 valence electrons. The van der Waals surface area contributed by atoms with Gasteiger partial charge in [0.1, 0.15) is 11.9 Å². The average molecular weight is 372 g/mol. The van der Waals surface area contributed by atoms with Gasteiger partial charge in [-0.2, -0.15) is 0 Å². The number of cyclic esters (lactones) is 1. The van der Waals surface area contributed by atoms with Gasteiger partial charge in [0.15, 0.2) is 0 Å². The van der Waals surface area contributed by atoms with E-state index in [1.165, 1.54) is 7.11 Å². The molecular weight excluding hydrogens is 348 g/mol. The summed E-state index contributed by atoms with van der Waals surface area (Å²) < 4.78 is 15.8. The summed E-state index contributed by atoms with van der Waals surface area (Å²) in [5.74, 6) is -1.34. The van der Waals surface area contributed by atoms with E-state index >= 15 is 0 Å². The normalized spacial score (nSPS) is 38.3. The van der Waals surface area contributed by atoms with Gasteiger partial charge < -0.3 is 13.9 Å². The Hall–Kier alpha value is -2.37. The first kappa shape index (κ1) is 18.0. The largest absolute Gasteiger partial charge is 0.472 e. The number of methoxy groups -OCH3 is 1. The van der Waals surface area contributed by atoms with E-state index < -0.39 is 22.9 Å². The van der Waals surface area contributed by atoms with Crippen molar-refractivity contribution in [3.63, 3.8) is 0 Å². The number of allylic oxidation sites excluding steroid dienone is 1. The second kappa shape index (κ2) is 6.08. The molecule has 0 aromatic carbocycles. The first-order valence-corrected chi connectivity index (χ1v) is 9.35. The van der Waals surface area contributed by atoms with Gasteiger partial charge in [0.05, 0.1) is 25.6 Å². The summed E-state index contributed by atoms with van der Waals surface area (Å²) in [5, 5.41) is 0. The van der Waals surface area contributed by atoms with Gasteiger partial charge in [-0.25, -0.2) is 4.79 Å². The van der Waals surface area contributed by atoms with Crippen LogP contribution in [0, 0.1) is 22.7 Å². The summed E-state index contributed by atoms with van der Waals surface area (Å²) in [5.41, 5.74) is 0.136. The van der Waals surface area contributed by atoms with Crippen molar-refractivity contribution in [1.29, 1.82) is 0 Å². The molecule has 4 rings (SSSR count). The topological polar surface area (TPSA) is 82.8 Å². The number of fused-ring (bicyclic) bond motifs is 3. The molecule has 1 unspecified atom stereocenters. The highest BCUT2D eigenvalue weighted by Crippen LogP contribution is 2.63. The SMILES string of the molecule is COC(=O)C1=CCC(=O)C2[C@@]1(C)CC[C@@H]1C(=O)O[C@H](c3ccoc3)C[C@]21C. The van der Waals surface area contributed by atoms with E-state index in [1.54, 1.807) is 24.7 Å². The predicted octanol–water partition coefficient (Wildman–Crippen LogP) is 3.38. The highest BCUT2D eigenvalue weighted by molar-refractivity contribution is 5.97. The van der Waals surface area contributed by atoms with Crippen molar-refractivity contribution in [2.24, 2.45) is 22.7 Å². The Labute approximate surface area is 157 Å². The zero-order valence-electron chi connectivity index (χ0n) is 15.8. The van der Waals surface area contributed by atoms with Crippen molar-refractivity contribution in [2.75, 3.05) is 7.11 Å². The zero-order valence-corrected chi connectivity index (χ0v) is 15.8. The first-order chi connectivity index (χ1) is 12.8. The van der Waals surface area contributed by atoms with Crippen LogP contribution in [0.25, 0.3) is 0 Å². The Morgan fingerprint density at radius 1 is 1.30 bits per heavy atom. The Morgan fingerprint density at radius 3 is 2.74 bits per heavy atom. The quantitative estimate of drug-likeness (QED) is 0.740. The Bertz CT molecular complexity index is 822. The molecule has 0 bridgehead atoms. The number of ketones is 1. The number of Topliss-reactive ketones (excluding diaryl/α,β-unsaturated/α-hetero) is 1. The summed E-state index contributed by atoms with van der Waals surface area (Å²) in [6.45, 7) is 3.97. The fourth-order valence-electron chi connectivity index (χ4n) is 5.80. The number of esters is 2. The highest BCUT2D eigenvalue weighted by atomic mass is 16.5. The molecule has 1 aromatic rings. The zero-order chi connectivity index (χ0) is 19.4. The predicted molar refractivity (Wildman–Crippen MR) is 94.3 cm³/mol. The van der Waals surface area contributed by atoms with E-state index in [0.717, 1.165) is 5.56 Å². The van der Waals surface area contributed by atoms with Gasteiger partial charge in [-0.15, -0.1) is 0 Å². The van der Waals surface area contributed by atoms with Crippen molar-refractivity contribution < 1.29 is 28.3 Å². The molecule has 3 aliphatic rings. The molecule has 0 amide bonds. The third-order valence-corrected chi connectivity index (χ3v) is 6.98. The fourth-order valence-corrected chi connectivity index (χ4v) is 5.80. The molecule has 1 saturated carbocycles. The second-order valence-corrected chi connectivity index (χ2v) is 8.41. The lowest BCUT2D eigenvalue weighted by Crippen LogP contribution is -2.59. The highest BCUT2D eigenvalue weighted by Gasteiger charge is 2.64. The van der Waals surface area contributed by atoms with Crippen LogP contribution >= 0.6 is 0 Å². The lowest BCUT2D eigenvalue weighted by molar-refractivity contribution is -0.191. The molecule has 5 atom stereocenters. The molecule has 0 N–H and O–H groups in total. The standard InChI is InChI=1S/C21H24O6/c1-20-8-6-14-19(24)27-16(12-7-9-26-11-12)10-21(14,2)17(20)15(22)5-4-13(20)18(23)25-3/h4,7,9,11,14,16-17H,5-6,8,10H2,1-3H3/t14-,16+,17?,20+,21+/m1/s1. The Kier molecular flexibility index (Phi) is 4.05. The molecule has 0 spiro atoms. The molecule has 27 heavy (non-hydrogen) atoms. The van der Waals surface area contributed by atoms with Crippen molar-refractivity contribution in [3.8, 4) is 0 Å². The molecule has 1 aromatic heterocycles. The van der Waals surface area contributed by atoms with Crippen LogP contribution in [0.2, 0.25) is 0 Å². The number of rotatable bonds is 2. The minimum atomic E-state index is -0.633. The molecule has 2 heterocycles. The van der Waals surface area contributed by atoms with Gasteiger partial charge in [-0.1, -0.05) is 19.9 Å². The van der Waals surface area contributed by atoms with Crippen LogP contribution in [-0.2, 0) is 23.9 Å². The number of carbonyl (C=O) groups excluding carboxylic acids is 3. The van der Waals surface area contributed by atoms with Gasteiger partial charge in [-0.05, 0) is 30.7 Å². The van der Waals surface area contributed by atoms with Gasteiger partial charge in [0.2, 0.25) is 0 Å². The molecular formula is C21H24O6. The summed E-state index contributed by atoms with van der Waals surface area (Å²) in [6.07, 6.45) is 6.28. The van der Waals surface area contributed by atoms with Crippen LogP contribution < -0.4 is 0 Å². The van der Waals surface area contributed by atoms with Gasteiger partial charge >= 0.3 is 11.9 Å². The van der Waals surface area contributed by atoms with Crippen LogP contribution in [0.5, 0.6) is 0 Å². The number of carbonyl (C=O) groups is 3. The number of hydrogen-bond donors (Lipinski definition) is 0. The molecule has 6 nitrogen and oxygen atoms in total. The fraction of sp³-hybridized carbons (Fsp3) is 0.571. The van der Waals surface area contributed by atoms with Crippen LogP contribution in [0.3, 0.4) is 0 Å². The first-order valence-electron chi connectivity index (χ1n) is 9.35. The number of hydrogen-bond acceptors (Lipinski definition) is 6. The molecule has 1 saturated heterocycles. The molecule has 6 heteroatoms. The summed E-state index contributed by atoms with van der Waals surface area (Å²) in [4.78, 5) is 38.3. The van der Waals surface area contributed by atoms with Crippen molar-refractivity contribution >= 4 is 17.7 Å². The van der Waals surface area contributed by atoms with Gasteiger partial charge in [0.25, 0.3) is 0 Å². The van der Waals surface area contributed by atoms with Crippen molar-refractivity contribution in [1.82, 2.24) is 0 Å². The Balaban J connectivity index is 1.78. The third-order valence-electron chi connectivity index (χ3n) is 6.98. The Morgan fingerprint density at radius 2 is 2.07 bits per heavy atom. The lowest BCUT2D eigenvalue weighted by atomic mass is 9.45. The van der Waals surface area contributed by atoms with E-state index in [4.69, 9.17) is 13.9 Å². The summed E-state index contributed by atoms with van der Waals surface area (Å²) in [6, 6.07) is 1.78. The van der Waals surface area contributed by atoms with Gasteiger partial charge in [0, 0.05) is 28.9 Å². The molecule has 2 fully saturated rings. The van der Waals surface area contributed by atoms with E-state index in [9.17, 15) is 14.4 Å². The number of ether oxygens (including phenoxy) is 2. The third kappa shape index (κ3) is 2.49. The summed E-state index contributed by atoms with van der Waals surface area (Å²) >= 11 is 0. The van der Waals surface area contributed by atoms with Crippen LogP contribution in [0.15, 0.2) is 34.7 Å². The minimum Gasteiger partial charge on any atom is -0.472 e. The second-order valence-electron chi connectivity index (χ2n) is 8.41. The van der Waals surface area contributed by atoms with E-state index in [-0.39, 0.29) is 30.1 Å². The smallest absolute Gasteiger partial charge is 0.333 e. The average Bonchev–Trinajstić information content (AvgIpc) is 3.14. The summed E-state index contributed by atoms with van der Waals surface area (Å²) in [7, 11) is 1.36. The molecule has 0 radical (unpaired) electrons. The maximum Gasteiger partial charge on any atom is 0.333 e. The maximum absolute atomic E-state index is 13.1. The molecule has 2 aliphatic carbocycles. The van der Waals surface area contributed by atoms with Crippen LogP contribution in [0.1, 0.15) is 51.2 Å². The minimum absolute atomic E-state index is 0.0815. The lowest BCUT2D eigenvalue weighted by Gasteiger charge is -2.58. The number of furan rings is 1.